The number of nitrogens with one attached hydrogen (secondary N) is 1. The second-order valence-corrected chi connectivity index (χ2v) is 8.98. The first-order valence-corrected chi connectivity index (χ1v) is 11.4. The number of benzene rings is 1. The smallest absolute Gasteiger partial charge is 0.256 e. The Labute approximate surface area is 176 Å². The van der Waals surface area contributed by atoms with Crippen LogP contribution in [0.5, 0.6) is 5.75 Å². The zero-order valence-electron chi connectivity index (χ0n) is 18.4. The van der Waals surface area contributed by atoms with E-state index in [4.69, 9.17) is 9.47 Å². The number of amides is 1. The Balaban J connectivity index is 1.48. The van der Waals surface area contributed by atoms with E-state index in [9.17, 15) is 4.79 Å². The summed E-state index contributed by atoms with van der Waals surface area (Å²) in [7, 11) is 0. The molecule has 3 rings (SSSR count). The summed E-state index contributed by atoms with van der Waals surface area (Å²) in [6.07, 6.45) is 6.30. The lowest BCUT2D eigenvalue weighted by Crippen LogP contribution is -2.48. The summed E-state index contributed by atoms with van der Waals surface area (Å²) < 4.78 is 11.9. The van der Waals surface area contributed by atoms with Crippen LogP contribution in [0.1, 0.15) is 59.3 Å². The van der Waals surface area contributed by atoms with Gasteiger partial charge in [0, 0.05) is 25.4 Å². The number of hydrogen-bond donors (Lipinski definition) is 1. The Morgan fingerprint density at radius 3 is 2.52 bits per heavy atom. The van der Waals surface area contributed by atoms with Crippen molar-refractivity contribution in [2.45, 2.75) is 64.9 Å². The lowest BCUT2D eigenvalue weighted by Gasteiger charge is -2.37. The molecule has 1 atom stereocenters. The molecule has 1 N–H and O–H groups in total. The molecule has 1 aromatic carbocycles. The van der Waals surface area contributed by atoms with Crippen molar-refractivity contribution >= 4 is 11.6 Å². The zero-order chi connectivity index (χ0) is 20.7. The normalized spacial score (nSPS) is 28.1. The topological polar surface area (TPSA) is 50.8 Å². The minimum absolute atomic E-state index is 0.0147. The highest BCUT2D eigenvalue weighted by Crippen LogP contribution is 2.36. The monoisotopic (exact) mass is 402 g/mol. The summed E-state index contributed by atoms with van der Waals surface area (Å²) in [5, 5.41) is 3.06. The van der Waals surface area contributed by atoms with Crippen LogP contribution in [0.4, 0.5) is 5.69 Å². The first kappa shape index (κ1) is 22.1. The van der Waals surface area contributed by atoms with Crippen LogP contribution in [0.25, 0.3) is 0 Å². The van der Waals surface area contributed by atoms with Crippen LogP contribution in [0, 0.1) is 11.8 Å². The fourth-order valence-corrected chi connectivity index (χ4v) is 4.60. The standard InChI is InChI=1S/C24H38N2O3/c1-4-29-24(13-11-19(2)12-14-24)23(27)25-21-7-9-22(10-8-21)28-17-16-26-15-5-6-20(3)18-26/h7-10,19-20H,4-6,11-18H2,1-3H3,(H,25,27)/t19?,20-,24?/m0/s1. The minimum atomic E-state index is -0.679. The fraction of sp³-hybridized carbons (Fsp3) is 0.708. The molecule has 0 unspecified atom stereocenters. The molecule has 29 heavy (non-hydrogen) atoms. The zero-order valence-corrected chi connectivity index (χ0v) is 18.4. The van der Waals surface area contributed by atoms with E-state index in [2.05, 4.69) is 24.1 Å². The number of carbonyl (C=O) groups excluding carboxylic acids is 1. The third-order valence-electron chi connectivity index (χ3n) is 6.45. The summed E-state index contributed by atoms with van der Waals surface area (Å²) in [6.45, 7) is 11.1. The van der Waals surface area contributed by atoms with Gasteiger partial charge in [0.15, 0.2) is 0 Å². The average molecular weight is 403 g/mol. The Morgan fingerprint density at radius 2 is 1.86 bits per heavy atom. The van der Waals surface area contributed by atoms with Crippen molar-refractivity contribution in [2.24, 2.45) is 11.8 Å². The highest BCUT2D eigenvalue weighted by molar-refractivity contribution is 5.97. The number of piperidine rings is 1. The summed E-state index contributed by atoms with van der Waals surface area (Å²) in [4.78, 5) is 15.5. The Morgan fingerprint density at radius 1 is 1.14 bits per heavy atom. The molecule has 5 nitrogen and oxygen atoms in total. The van der Waals surface area contributed by atoms with Crippen molar-refractivity contribution in [1.82, 2.24) is 4.90 Å². The van der Waals surface area contributed by atoms with E-state index in [0.29, 0.717) is 19.1 Å². The number of ether oxygens (including phenoxy) is 2. The predicted octanol–water partition coefficient (Wildman–Crippen LogP) is 4.72. The van der Waals surface area contributed by atoms with Gasteiger partial charge in [-0.2, -0.15) is 0 Å². The van der Waals surface area contributed by atoms with E-state index in [0.717, 1.165) is 49.6 Å². The van der Waals surface area contributed by atoms with Gasteiger partial charge in [-0.15, -0.1) is 0 Å². The van der Waals surface area contributed by atoms with Crippen LogP contribution in [0.15, 0.2) is 24.3 Å². The van der Waals surface area contributed by atoms with E-state index >= 15 is 0 Å². The highest BCUT2D eigenvalue weighted by atomic mass is 16.5. The molecule has 2 fully saturated rings. The number of likely N-dealkylation sites (tertiary alicyclic amines) is 1. The second kappa shape index (κ2) is 10.4. The number of nitrogens with zero attached hydrogens (tertiary/aromatic N) is 1. The van der Waals surface area contributed by atoms with Gasteiger partial charge in [0.05, 0.1) is 0 Å². The highest BCUT2D eigenvalue weighted by Gasteiger charge is 2.41. The van der Waals surface area contributed by atoms with Crippen LogP contribution >= 0.6 is 0 Å². The fourth-order valence-electron chi connectivity index (χ4n) is 4.60. The average Bonchev–Trinajstić information content (AvgIpc) is 2.71. The van der Waals surface area contributed by atoms with Gasteiger partial charge < -0.3 is 14.8 Å². The first-order valence-electron chi connectivity index (χ1n) is 11.4. The summed E-state index contributed by atoms with van der Waals surface area (Å²) >= 11 is 0. The summed E-state index contributed by atoms with van der Waals surface area (Å²) in [6, 6.07) is 7.71. The van der Waals surface area contributed by atoms with Gasteiger partial charge >= 0.3 is 0 Å². The van der Waals surface area contributed by atoms with E-state index in [-0.39, 0.29) is 5.91 Å². The van der Waals surface area contributed by atoms with Crippen molar-refractivity contribution in [3.63, 3.8) is 0 Å². The van der Waals surface area contributed by atoms with E-state index in [1.165, 1.54) is 25.9 Å². The molecule has 1 heterocycles. The van der Waals surface area contributed by atoms with Crippen LogP contribution in [0.3, 0.4) is 0 Å². The van der Waals surface area contributed by atoms with Gasteiger partial charge in [0.25, 0.3) is 5.91 Å². The van der Waals surface area contributed by atoms with Gasteiger partial charge in [-0.25, -0.2) is 0 Å². The number of anilines is 1. The van der Waals surface area contributed by atoms with Crippen LogP contribution in [0.2, 0.25) is 0 Å². The van der Waals surface area contributed by atoms with Gasteiger partial charge in [-0.1, -0.05) is 13.8 Å². The molecule has 1 amide bonds. The maximum Gasteiger partial charge on any atom is 0.256 e. The molecule has 2 aliphatic rings. The van der Waals surface area contributed by atoms with Crippen LogP contribution in [-0.4, -0.2) is 49.3 Å². The predicted molar refractivity (Wildman–Crippen MR) is 117 cm³/mol. The summed E-state index contributed by atoms with van der Waals surface area (Å²) in [5.74, 6) is 2.29. The van der Waals surface area contributed by atoms with Gasteiger partial charge in [0.2, 0.25) is 0 Å². The molecule has 1 aliphatic carbocycles. The first-order chi connectivity index (χ1) is 14.0. The lowest BCUT2D eigenvalue weighted by molar-refractivity contribution is -0.146. The van der Waals surface area contributed by atoms with Gasteiger partial charge in [-0.05, 0) is 88.1 Å². The number of rotatable bonds is 8. The third-order valence-corrected chi connectivity index (χ3v) is 6.45. The maximum atomic E-state index is 13.0. The molecule has 0 bridgehead atoms. The Bertz CT molecular complexity index is 638. The SMILES string of the molecule is CCOC1(C(=O)Nc2ccc(OCCN3CCC[C@H](C)C3)cc2)CCC(C)CC1. The molecule has 1 aliphatic heterocycles. The quantitative estimate of drug-likeness (QED) is 0.683. The van der Waals surface area contributed by atoms with Crippen molar-refractivity contribution < 1.29 is 14.3 Å². The molecule has 5 heteroatoms. The van der Waals surface area contributed by atoms with Crippen molar-refractivity contribution in [3.8, 4) is 5.75 Å². The van der Waals surface area contributed by atoms with Gasteiger partial charge in [-0.3, -0.25) is 9.69 Å². The number of carbonyl (C=O) groups is 1. The Hall–Kier alpha value is -1.59. The maximum absolute atomic E-state index is 13.0. The van der Waals surface area contributed by atoms with Crippen LogP contribution in [-0.2, 0) is 9.53 Å². The Kier molecular flexibility index (Phi) is 7.96. The minimum Gasteiger partial charge on any atom is -0.492 e. The lowest BCUT2D eigenvalue weighted by atomic mass is 9.78. The molecule has 0 aromatic heterocycles. The van der Waals surface area contributed by atoms with E-state index in [1.807, 2.05) is 31.2 Å². The molecule has 1 saturated carbocycles. The third kappa shape index (κ3) is 6.19. The molecular formula is C24H38N2O3. The summed E-state index contributed by atoms with van der Waals surface area (Å²) in [5.41, 5.74) is 0.118. The molecule has 1 aromatic rings. The van der Waals surface area contributed by atoms with Gasteiger partial charge in [0.1, 0.15) is 18.0 Å². The van der Waals surface area contributed by atoms with E-state index in [1.54, 1.807) is 0 Å². The second-order valence-electron chi connectivity index (χ2n) is 8.98. The molecule has 162 valence electrons. The van der Waals surface area contributed by atoms with Crippen LogP contribution < -0.4 is 10.1 Å². The van der Waals surface area contributed by atoms with Crippen molar-refractivity contribution in [1.29, 1.82) is 0 Å². The largest absolute Gasteiger partial charge is 0.492 e. The van der Waals surface area contributed by atoms with E-state index < -0.39 is 5.60 Å². The molecular weight excluding hydrogens is 364 g/mol. The molecule has 1 saturated heterocycles. The number of hydrogen-bond acceptors (Lipinski definition) is 4. The van der Waals surface area contributed by atoms with Crippen molar-refractivity contribution in [2.75, 3.05) is 38.2 Å². The molecule has 0 spiro atoms. The molecule has 0 radical (unpaired) electrons. The van der Waals surface area contributed by atoms with Crippen molar-refractivity contribution in [3.05, 3.63) is 24.3 Å².